The Kier molecular flexibility index (Phi) is 7.48. The van der Waals surface area contributed by atoms with Crippen LogP contribution in [0.2, 0.25) is 0 Å². The van der Waals surface area contributed by atoms with E-state index in [2.05, 4.69) is 5.32 Å². The van der Waals surface area contributed by atoms with Crippen LogP contribution in [-0.2, 0) is 19.0 Å². The van der Waals surface area contributed by atoms with E-state index in [1.54, 1.807) is 0 Å². The van der Waals surface area contributed by atoms with Crippen LogP contribution in [0.3, 0.4) is 0 Å². The molecule has 0 aromatic heterocycles. The lowest BCUT2D eigenvalue weighted by Gasteiger charge is -2.31. The second kappa shape index (κ2) is 8.60. The molecule has 0 radical (unpaired) electrons. The summed E-state index contributed by atoms with van der Waals surface area (Å²) in [5, 5.41) is 3.22. The molecule has 0 aliphatic carbocycles. The Morgan fingerprint density at radius 2 is 2.25 bits per heavy atom. The molecule has 1 saturated heterocycles. The molecule has 5 heteroatoms. The number of nitrogens with one attached hydrogen (secondary N) is 1. The molecule has 1 aliphatic rings. The van der Waals surface area contributed by atoms with Crippen LogP contribution in [0.1, 0.15) is 47.0 Å². The van der Waals surface area contributed by atoms with Crippen molar-refractivity contribution in [3.8, 4) is 0 Å². The van der Waals surface area contributed by atoms with Crippen molar-refractivity contribution in [1.82, 2.24) is 5.32 Å². The lowest BCUT2D eigenvalue weighted by molar-refractivity contribution is -0.152. The van der Waals surface area contributed by atoms with E-state index in [4.69, 9.17) is 14.2 Å². The van der Waals surface area contributed by atoms with E-state index in [9.17, 15) is 4.79 Å². The molecule has 3 unspecified atom stereocenters. The first kappa shape index (κ1) is 17.4. The normalized spacial score (nSPS) is 23.3. The fourth-order valence-electron chi connectivity index (χ4n) is 2.59. The van der Waals surface area contributed by atoms with Gasteiger partial charge in [-0.05, 0) is 40.2 Å². The molecule has 1 N–H and O–H groups in total. The summed E-state index contributed by atoms with van der Waals surface area (Å²) in [7, 11) is 0. The summed E-state index contributed by atoms with van der Waals surface area (Å²) in [4.78, 5) is 12.1. The van der Waals surface area contributed by atoms with Gasteiger partial charge in [-0.25, -0.2) is 0 Å². The largest absolute Gasteiger partial charge is 0.465 e. The van der Waals surface area contributed by atoms with E-state index in [-0.39, 0.29) is 18.2 Å². The van der Waals surface area contributed by atoms with Gasteiger partial charge in [0.05, 0.1) is 25.4 Å². The van der Waals surface area contributed by atoms with Gasteiger partial charge < -0.3 is 19.5 Å². The van der Waals surface area contributed by atoms with Crippen LogP contribution in [0.25, 0.3) is 0 Å². The van der Waals surface area contributed by atoms with Gasteiger partial charge in [-0.2, -0.15) is 0 Å². The van der Waals surface area contributed by atoms with Crippen LogP contribution >= 0.6 is 0 Å². The summed E-state index contributed by atoms with van der Waals surface area (Å²) in [6.07, 6.45) is 2.96. The average molecular weight is 287 g/mol. The van der Waals surface area contributed by atoms with Crippen LogP contribution in [0.15, 0.2) is 0 Å². The Balaban J connectivity index is 2.44. The predicted molar refractivity (Wildman–Crippen MR) is 77.7 cm³/mol. The van der Waals surface area contributed by atoms with E-state index in [1.807, 2.05) is 27.7 Å². The number of esters is 1. The Morgan fingerprint density at radius 1 is 1.50 bits per heavy atom. The summed E-state index contributed by atoms with van der Waals surface area (Å²) in [5.74, 6) is -0.214. The molecule has 0 saturated carbocycles. The minimum atomic E-state index is -0.694. The van der Waals surface area contributed by atoms with Crippen LogP contribution in [-0.4, -0.2) is 50.1 Å². The molecule has 1 rings (SSSR count). The molecular formula is C15H29NO4. The molecule has 1 aliphatic heterocycles. The second-order valence-corrected chi connectivity index (χ2v) is 5.57. The standard InChI is InChI=1S/C15H29NO4/c1-5-16-15(4,14(17)18-6-2)10-12(3)20-11-13-8-7-9-19-13/h12-13,16H,5-11H2,1-4H3. The van der Waals surface area contributed by atoms with E-state index in [0.29, 0.717) is 26.2 Å². The lowest BCUT2D eigenvalue weighted by atomic mass is 9.94. The highest BCUT2D eigenvalue weighted by atomic mass is 16.5. The predicted octanol–water partition coefficient (Wildman–Crippen LogP) is 1.89. The molecule has 118 valence electrons. The molecule has 3 atom stereocenters. The van der Waals surface area contributed by atoms with E-state index >= 15 is 0 Å². The third kappa shape index (κ3) is 5.38. The van der Waals surface area contributed by atoms with Gasteiger partial charge in [0.15, 0.2) is 0 Å². The van der Waals surface area contributed by atoms with E-state index in [1.165, 1.54) is 0 Å². The Labute approximate surface area is 122 Å². The fraction of sp³-hybridized carbons (Fsp3) is 0.933. The number of likely N-dealkylation sites (N-methyl/N-ethyl adjacent to an activating group) is 1. The Bertz CT molecular complexity index is 292. The van der Waals surface area contributed by atoms with Crippen LogP contribution in [0.4, 0.5) is 0 Å². The second-order valence-electron chi connectivity index (χ2n) is 5.57. The van der Waals surface area contributed by atoms with Gasteiger partial charge >= 0.3 is 5.97 Å². The number of hydrogen-bond acceptors (Lipinski definition) is 5. The van der Waals surface area contributed by atoms with Crippen molar-refractivity contribution in [2.45, 2.75) is 64.7 Å². The van der Waals surface area contributed by atoms with Gasteiger partial charge in [0.2, 0.25) is 0 Å². The van der Waals surface area contributed by atoms with Crippen LogP contribution < -0.4 is 5.32 Å². The molecule has 0 spiro atoms. The molecular weight excluding hydrogens is 258 g/mol. The zero-order chi connectivity index (χ0) is 15.0. The van der Waals surface area contributed by atoms with Gasteiger partial charge in [0, 0.05) is 13.0 Å². The number of hydrogen-bond donors (Lipinski definition) is 1. The highest BCUT2D eigenvalue weighted by Gasteiger charge is 2.35. The molecule has 1 fully saturated rings. The third-order valence-corrected chi connectivity index (χ3v) is 3.58. The van der Waals surface area contributed by atoms with Crippen molar-refractivity contribution < 1.29 is 19.0 Å². The number of carbonyl (C=O) groups is 1. The van der Waals surface area contributed by atoms with Crippen molar-refractivity contribution in [2.75, 3.05) is 26.4 Å². The van der Waals surface area contributed by atoms with Crippen molar-refractivity contribution in [3.63, 3.8) is 0 Å². The zero-order valence-corrected chi connectivity index (χ0v) is 13.2. The third-order valence-electron chi connectivity index (χ3n) is 3.58. The number of ether oxygens (including phenoxy) is 3. The quantitative estimate of drug-likeness (QED) is 0.656. The minimum absolute atomic E-state index is 0.0207. The summed E-state index contributed by atoms with van der Waals surface area (Å²) in [6.45, 7) is 10.2. The maximum atomic E-state index is 12.1. The smallest absolute Gasteiger partial charge is 0.326 e. The van der Waals surface area contributed by atoms with Crippen molar-refractivity contribution >= 4 is 5.97 Å². The maximum absolute atomic E-state index is 12.1. The zero-order valence-electron chi connectivity index (χ0n) is 13.2. The number of rotatable bonds is 9. The van der Waals surface area contributed by atoms with Crippen molar-refractivity contribution in [3.05, 3.63) is 0 Å². The average Bonchev–Trinajstić information content (AvgIpc) is 2.90. The Hall–Kier alpha value is -0.650. The van der Waals surface area contributed by atoms with E-state index < -0.39 is 5.54 Å². The van der Waals surface area contributed by atoms with Crippen molar-refractivity contribution in [2.24, 2.45) is 0 Å². The summed E-state index contributed by atoms with van der Waals surface area (Å²) >= 11 is 0. The number of carbonyl (C=O) groups excluding carboxylic acids is 1. The topological polar surface area (TPSA) is 56.8 Å². The van der Waals surface area contributed by atoms with Gasteiger partial charge in [-0.3, -0.25) is 4.79 Å². The molecule has 0 aromatic rings. The Morgan fingerprint density at radius 3 is 2.80 bits per heavy atom. The summed E-state index contributed by atoms with van der Waals surface area (Å²) in [5.41, 5.74) is -0.694. The highest BCUT2D eigenvalue weighted by molar-refractivity contribution is 5.80. The maximum Gasteiger partial charge on any atom is 0.326 e. The summed E-state index contributed by atoms with van der Waals surface area (Å²) < 4.78 is 16.5. The summed E-state index contributed by atoms with van der Waals surface area (Å²) in [6, 6.07) is 0. The molecule has 0 amide bonds. The van der Waals surface area contributed by atoms with Gasteiger partial charge in [-0.15, -0.1) is 0 Å². The van der Waals surface area contributed by atoms with Gasteiger partial charge in [0.25, 0.3) is 0 Å². The van der Waals surface area contributed by atoms with Gasteiger partial charge in [0.1, 0.15) is 5.54 Å². The SMILES string of the molecule is CCNC(C)(CC(C)OCC1CCCO1)C(=O)OCC. The first-order valence-electron chi connectivity index (χ1n) is 7.67. The molecule has 20 heavy (non-hydrogen) atoms. The van der Waals surface area contributed by atoms with Crippen LogP contribution in [0, 0.1) is 0 Å². The molecule has 0 bridgehead atoms. The lowest BCUT2D eigenvalue weighted by Crippen LogP contribution is -2.52. The van der Waals surface area contributed by atoms with Crippen molar-refractivity contribution in [1.29, 1.82) is 0 Å². The first-order valence-corrected chi connectivity index (χ1v) is 7.67. The fourth-order valence-corrected chi connectivity index (χ4v) is 2.59. The van der Waals surface area contributed by atoms with Gasteiger partial charge in [-0.1, -0.05) is 6.92 Å². The molecule has 5 nitrogen and oxygen atoms in total. The monoisotopic (exact) mass is 287 g/mol. The highest BCUT2D eigenvalue weighted by Crippen LogP contribution is 2.19. The van der Waals surface area contributed by atoms with E-state index in [0.717, 1.165) is 19.4 Å². The molecule has 0 aromatic carbocycles. The molecule has 1 heterocycles. The van der Waals surface area contributed by atoms with Crippen LogP contribution in [0.5, 0.6) is 0 Å². The first-order chi connectivity index (χ1) is 9.51. The minimum Gasteiger partial charge on any atom is -0.465 e.